The van der Waals surface area contributed by atoms with Crippen LogP contribution in [0.3, 0.4) is 0 Å². The molecule has 2 aromatic rings. The van der Waals surface area contributed by atoms with Crippen LogP contribution in [0.15, 0.2) is 29.4 Å². The van der Waals surface area contributed by atoms with Crippen LogP contribution in [-0.4, -0.2) is 21.1 Å². The smallest absolute Gasteiger partial charge is 0.216 e. The minimum absolute atomic E-state index is 0.0921. The summed E-state index contributed by atoms with van der Waals surface area (Å²) in [6.07, 6.45) is 9.24. The minimum atomic E-state index is -0.280. The van der Waals surface area contributed by atoms with Gasteiger partial charge in [0.05, 0.1) is 6.21 Å². The van der Waals surface area contributed by atoms with Crippen molar-refractivity contribution in [1.29, 1.82) is 0 Å². The molecule has 0 unspecified atom stereocenters. The molecule has 6 rings (SSSR count). The van der Waals surface area contributed by atoms with E-state index in [1.807, 2.05) is 0 Å². The third kappa shape index (κ3) is 2.49. The summed E-state index contributed by atoms with van der Waals surface area (Å²) in [5, 5.41) is 12.0. The number of nitrogens with one attached hydrogen (secondary N) is 1. The van der Waals surface area contributed by atoms with Crippen LogP contribution in [0.5, 0.6) is 0 Å². The van der Waals surface area contributed by atoms with Crippen molar-refractivity contribution in [2.24, 2.45) is 22.9 Å². The van der Waals surface area contributed by atoms with E-state index in [0.29, 0.717) is 10.3 Å². The van der Waals surface area contributed by atoms with Gasteiger partial charge in [0.15, 0.2) is 5.82 Å². The predicted octanol–water partition coefficient (Wildman–Crippen LogP) is 4.43. The van der Waals surface area contributed by atoms with Crippen molar-refractivity contribution in [1.82, 2.24) is 14.9 Å². The van der Waals surface area contributed by atoms with Gasteiger partial charge in [-0.2, -0.15) is 14.9 Å². The molecule has 0 aliphatic heterocycles. The molecule has 4 fully saturated rings. The van der Waals surface area contributed by atoms with E-state index in [1.54, 1.807) is 29.1 Å². The van der Waals surface area contributed by atoms with Crippen LogP contribution in [0.2, 0.25) is 0 Å². The molecule has 1 heterocycles. The lowest BCUT2D eigenvalue weighted by molar-refractivity contribution is -0.0109. The van der Waals surface area contributed by atoms with Gasteiger partial charge < -0.3 is 0 Å². The average molecular weight is 356 g/mol. The number of hydrogen-bond acceptors (Lipinski definition) is 3. The van der Waals surface area contributed by atoms with Crippen molar-refractivity contribution in [2.45, 2.75) is 43.9 Å². The summed E-state index contributed by atoms with van der Waals surface area (Å²) in [6, 6.07) is 6.64. The van der Waals surface area contributed by atoms with E-state index >= 15 is 0 Å². The summed E-state index contributed by atoms with van der Waals surface area (Å²) < 4.78 is 16.1. The maximum Gasteiger partial charge on any atom is 0.216 e. The molecule has 6 heteroatoms. The van der Waals surface area contributed by atoms with E-state index in [9.17, 15) is 4.39 Å². The van der Waals surface area contributed by atoms with Crippen LogP contribution in [0.4, 0.5) is 4.39 Å². The van der Waals surface area contributed by atoms with Gasteiger partial charge in [-0.05, 0) is 74.6 Å². The van der Waals surface area contributed by atoms with E-state index in [0.717, 1.165) is 23.6 Å². The number of aromatic amines is 1. The van der Waals surface area contributed by atoms with Gasteiger partial charge in [-0.1, -0.05) is 18.2 Å². The molecular formula is C19H21FN4S. The monoisotopic (exact) mass is 356 g/mol. The first-order valence-corrected chi connectivity index (χ1v) is 9.50. The van der Waals surface area contributed by atoms with E-state index < -0.39 is 0 Å². The fourth-order valence-corrected chi connectivity index (χ4v) is 6.01. The summed E-state index contributed by atoms with van der Waals surface area (Å²) >= 11 is 5.41. The summed E-state index contributed by atoms with van der Waals surface area (Å²) in [4.78, 5) is 0. The summed E-state index contributed by atoms with van der Waals surface area (Å²) in [7, 11) is 0. The Balaban J connectivity index is 1.54. The highest BCUT2D eigenvalue weighted by Crippen LogP contribution is 2.60. The van der Waals surface area contributed by atoms with Gasteiger partial charge >= 0.3 is 0 Å². The molecule has 1 aromatic carbocycles. The third-order valence-corrected chi connectivity index (χ3v) is 6.64. The molecule has 1 aromatic heterocycles. The average Bonchev–Trinajstić information content (AvgIpc) is 2.94. The maximum absolute atomic E-state index is 13.9. The molecule has 130 valence electrons. The largest absolute Gasteiger partial charge is 0.250 e. The predicted molar refractivity (Wildman–Crippen MR) is 96.7 cm³/mol. The Labute approximate surface area is 151 Å². The Bertz CT molecular complexity index is 862. The minimum Gasteiger partial charge on any atom is -0.250 e. The summed E-state index contributed by atoms with van der Waals surface area (Å²) in [5.41, 5.74) is 0.552. The second-order valence-electron chi connectivity index (χ2n) is 8.13. The molecular weight excluding hydrogens is 335 g/mol. The van der Waals surface area contributed by atoms with Crippen LogP contribution in [0, 0.1) is 28.3 Å². The topological polar surface area (TPSA) is 46.0 Å². The van der Waals surface area contributed by atoms with E-state index in [1.165, 1.54) is 44.6 Å². The summed E-state index contributed by atoms with van der Waals surface area (Å²) in [6.45, 7) is 0. The van der Waals surface area contributed by atoms with E-state index in [-0.39, 0.29) is 11.2 Å². The highest BCUT2D eigenvalue weighted by molar-refractivity contribution is 7.71. The third-order valence-electron chi connectivity index (χ3n) is 6.38. The van der Waals surface area contributed by atoms with Gasteiger partial charge in [-0.25, -0.2) is 4.39 Å². The zero-order valence-corrected chi connectivity index (χ0v) is 14.8. The number of benzene rings is 1. The molecule has 4 bridgehead atoms. The number of nitrogens with zero attached hydrogens (tertiary/aromatic N) is 3. The fourth-order valence-electron chi connectivity index (χ4n) is 5.83. The zero-order chi connectivity index (χ0) is 17.0. The lowest BCUT2D eigenvalue weighted by atomic mass is 9.49. The van der Waals surface area contributed by atoms with Crippen molar-refractivity contribution < 1.29 is 4.39 Å². The second kappa shape index (κ2) is 5.59. The van der Waals surface area contributed by atoms with E-state index in [4.69, 9.17) is 12.2 Å². The Kier molecular flexibility index (Phi) is 3.45. The molecule has 0 spiro atoms. The molecule has 0 saturated heterocycles. The Morgan fingerprint density at radius 3 is 2.44 bits per heavy atom. The van der Waals surface area contributed by atoms with Gasteiger partial charge in [0.1, 0.15) is 5.82 Å². The molecule has 4 nitrogen and oxygen atoms in total. The van der Waals surface area contributed by atoms with Crippen molar-refractivity contribution in [3.63, 3.8) is 0 Å². The standard InChI is InChI=1S/C19H21FN4S/c20-16-4-2-1-3-15(16)11-21-24-17(22-23-18(24)25)19-8-12-5-13(9-19)7-14(6-12)10-19/h1-4,11-14H,5-10H2,(H,23,25)/b21-11+. The van der Waals surface area contributed by atoms with Crippen LogP contribution < -0.4 is 0 Å². The zero-order valence-electron chi connectivity index (χ0n) is 14.0. The number of aromatic nitrogens is 3. The quantitative estimate of drug-likeness (QED) is 0.653. The first-order valence-electron chi connectivity index (χ1n) is 9.10. The molecule has 0 atom stereocenters. The SMILES string of the molecule is Fc1ccccc1/C=N/n1c(C23CC4CC(CC(C4)C2)C3)n[nH]c1=S. The van der Waals surface area contributed by atoms with Crippen LogP contribution in [-0.2, 0) is 5.41 Å². The van der Waals surface area contributed by atoms with Crippen molar-refractivity contribution in [3.05, 3.63) is 46.2 Å². The highest BCUT2D eigenvalue weighted by Gasteiger charge is 2.53. The lowest BCUT2D eigenvalue weighted by Gasteiger charge is -2.55. The van der Waals surface area contributed by atoms with Crippen LogP contribution >= 0.6 is 12.2 Å². The Hall–Kier alpha value is -1.82. The van der Waals surface area contributed by atoms with Gasteiger partial charge in [-0.3, -0.25) is 5.10 Å². The van der Waals surface area contributed by atoms with Gasteiger partial charge in [0, 0.05) is 11.0 Å². The van der Waals surface area contributed by atoms with Crippen molar-refractivity contribution in [2.75, 3.05) is 0 Å². The summed E-state index contributed by atoms with van der Waals surface area (Å²) in [5.74, 6) is 3.13. The lowest BCUT2D eigenvalue weighted by Crippen LogP contribution is -2.49. The molecule has 4 aliphatic carbocycles. The van der Waals surface area contributed by atoms with Crippen LogP contribution in [0.1, 0.15) is 49.9 Å². The van der Waals surface area contributed by atoms with Crippen LogP contribution in [0.25, 0.3) is 0 Å². The maximum atomic E-state index is 13.9. The molecule has 4 aliphatic rings. The highest BCUT2D eigenvalue weighted by atomic mass is 32.1. The number of rotatable bonds is 3. The fraction of sp³-hybridized carbons (Fsp3) is 0.526. The molecule has 1 N–H and O–H groups in total. The van der Waals surface area contributed by atoms with Crippen molar-refractivity contribution in [3.8, 4) is 0 Å². The Morgan fingerprint density at radius 2 is 1.80 bits per heavy atom. The first kappa shape index (κ1) is 15.4. The Morgan fingerprint density at radius 1 is 1.16 bits per heavy atom. The number of halogens is 1. The number of H-pyrrole nitrogens is 1. The molecule has 0 amide bonds. The van der Waals surface area contributed by atoms with Gasteiger partial charge in [0.2, 0.25) is 4.77 Å². The number of hydrogen-bond donors (Lipinski definition) is 1. The van der Waals surface area contributed by atoms with Gasteiger partial charge in [0.25, 0.3) is 0 Å². The normalized spacial score (nSPS) is 33.4. The van der Waals surface area contributed by atoms with Crippen molar-refractivity contribution >= 4 is 18.4 Å². The van der Waals surface area contributed by atoms with Gasteiger partial charge in [-0.15, -0.1) is 0 Å². The molecule has 25 heavy (non-hydrogen) atoms. The van der Waals surface area contributed by atoms with E-state index in [2.05, 4.69) is 15.3 Å². The molecule has 0 radical (unpaired) electrons. The second-order valence-corrected chi connectivity index (χ2v) is 8.51. The molecule has 4 saturated carbocycles. The first-order chi connectivity index (χ1) is 12.1.